The molecule has 1 amide bonds. The van der Waals surface area contributed by atoms with Crippen LogP contribution in [0.3, 0.4) is 0 Å². The van der Waals surface area contributed by atoms with Gasteiger partial charge in [-0.25, -0.2) is 0 Å². The molecular weight excluding hydrogens is 278 g/mol. The van der Waals surface area contributed by atoms with Gasteiger partial charge in [-0.1, -0.05) is 0 Å². The molecule has 2 rings (SSSR count). The van der Waals surface area contributed by atoms with E-state index in [0.29, 0.717) is 0 Å². The van der Waals surface area contributed by atoms with Crippen molar-refractivity contribution >= 4 is 5.91 Å². The normalized spacial score (nSPS) is 23.7. The molecule has 2 aliphatic rings. The molecule has 2 heterocycles. The van der Waals surface area contributed by atoms with Gasteiger partial charge in [-0.3, -0.25) is 9.69 Å². The highest BCUT2D eigenvalue weighted by atomic mass is 16.5. The van der Waals surface area contributed by atoms with Gasteiger partial charge in [0.05, 0.1) is 6.04 Å². The molecule has 5 nitrogen and oxygen atoms in total. The van der Waals surface area contributed by atoms with Crippen molar-refractivity contribution < 1.29 is 9.53 Å². The number of hydrogen-bond donors (Lipinski definition) is 0. The summed E-state index contributed by atoms with van der Waals surface area (Å²) in [7, 11) is 1.91. The number of likely N-dealkylation sites (N-methyl/N-ethyl adjacent to an activating group) is 1. The molecule has 0 aliphatic carbocycles. The minimum absolute atomic E-state index is 0.00219. The fraction of sp³-hybridized carbons (Fsp3) is 0.941. The molecule has 0 aromatic rings. The van der Waals surface area contributed by atoms with Crippen LogP contribution in [0.2, 0.25) is 0 Å². The maximum absolute atomic E-state index is 12.4. The molecule has 1 unspecified atom stereocenters. The van der Waals surface area contributed by atoms with E-state index < -0.39 is 0 Å². The molecule has 0 saturated carbocycles. The van der Waals surface area contributed by atoms with Crippen molar-refractivity contribution in [3.63, 3.8) is 0 Å². The van der Waals surface area contributed by atoms with E-state index in [-0.39, 0.29) is 18.0 Å². The molecule has 1 atom stereocenters. The van der Waals surface area contributed by atoms with Crippen LogP contribution >= 0.6 is 0 Å². The molecule has 2 aliphatic heterocycles. The highest BCUT2D eigenvalue weighted by Gasteiger charge is 2.29. The zero-order valence-electron chi connectivity index (χ0n) is 14.8. The molecule has 0 N–H and O–H groups in total. The van der Waals surface area contributed by atoms with Crippen LogP contribution in [-0.2, 0) is 9.53 Å². The van der Waals surface area contributed by atoms with Gasteiger partial charge < -0.3 is 14.5 Å². The summed E-state index contributed by atoms with van der Waals surface area (Å²) in [6, 6.07) is 0.266. The van der Waals surface area contributed by atoms with Crippen LogP contribution in [0.4, 0.5) is 0 Å². The van der Waals surface area contributed by atoms with E-state index >= 15 is 0 Å². The number of nitrogens with zero attached hydrogens (tertiary/aromatic N) is 3. The standard InChI is InChI=1S/C17H33N3O2/c1-14(2)18(4)17(21)15(3)20-9-7-19(8-10-20)13-16-5-11-22-12-6-16/h14-16H,5-13H2,1-4H3. The Bertz CT molecular complexity index is 348. The van der Waals surface area contributed by atoms with Gasteiger partial charge in [0.25, 0.3) is 0 Å². The molecule has 5 heteroatoms. The smallest absolute Gasteiger partial charge is 0.239 e. The van der Waals surface area contributed by atoms with Crippen LogP contribution in [0.15, 0.2) is 0 Å². The zero-order chi connectivity index (χ0) is 16.1. The third kappa shape index (κ3) is 4.67. The van der Waals surface area contributed by atoms with Crippen molar-refractivity contribution in [3.8, 4) is 0 Å². The second-order valence-electron chi connectivity index (χ2n) is 7.11. The van der Waals surface area contributed by atoms with E-state index in [2.05, 4.69) is 30.6 Å². The molecule has 2 fully saturated rings. The number of carbonyl (C=O) groups excluding carboxylic acids is 1. The van der Waals surface area contributed by atoms with Crippen LogP contribution in [0, 0.1) is 5.92 Å². The first-order valence-electron chi connectivity index (χ1n) is 8.80. The first-order valence-corrected chi connectivity index (χ1v) is 8.80. The number of carbonyl (C=O) groups is 1. The molecule has 2 saturated heterocycles. The Kier molecular flexibility index (Phi) is 6.66. The third-order valence-corrected chi connectivity index (χ3v) is 5.29. The van der Waals surface area contributed by atoms with Crippen LogP contribution in [0.1, 0.15) is 33.6 Å². The Morgan fingerprint density at radius 1 is 1.14 bits per heavy atom. The fourth-order valence-electron chi connectivity index (χ4n) is 3.33. The molecule has 22 heavy (non-hydrogen) atoms. The lowest BCUT2D eigenvalue weighted by Gasteiger charge is -2.40. The first-order chi connectivity index (χ1) is 10.5. The van der Waals surface area contributed by atoms with Gasteiger partial charge in [-0.2, -0.15) is 0 Å². The average Bonchev–Trinajstić information content (AvgIpc) is 2.54. The topological polar surface area (TPSA) is 36.0 Å². The number of hydrogen-bond acceptors (Lipinski definition) is 4. The van der Waals surface area contributed by atoms with E-state index in [1.807, 2.05) is 11.9 Å². The lowest BCUT2D eigenvalue weighted by molar-refractivity contribution is -0.137. The van der Waals surface area contributed by atoms with Gasteiger partial charge in [0.2, 0.25) is 5.91 Å². The van der Waals surface area contributed by atoms with E-state index in [1.165, 1.54) is 19.4 Å². The summed E-state index contributed by atoms with van der Waals surface area (Å²) in [5.74, 6) is 1.04. The molecule has 0 radical (unpaired) electrons. The zero-order valence-corrected chi connectivity index (χ0v) is 14.8. The molecule has 0 bridgehead atoms. The van der Waals surface area contributed by atoms with E-state index in [9.17, 15) is 4.79 Å². The van der Waals surface area contributed by atoms with Gasteiger partial charge >= 0.3 is 0 Å². The van der Waals surface area contributed by atoms with Crippen molar-refractivity contribution in [1.29, 1.82) is 0 Å². The molecular formula is C17H33N3O2. The van der Waals surface area contributed by atoms with Crippen molar-refractivity contribution in [2.45, 2.75) is 45.7 Å². The minimum atomic E-state index is -0.00219. The minimum Gasteiger partial charge on any atom is -0.381 e. The lowest BCUT2D eigenvalue weighted by atomic mass is 9.99. The second-order valence-corrected chi connectivity index (χ2v) is 7.11. The van der Waals surface area contributed by atoms with Crippen LogP contribution in [0.25, 0.3) is 0 Å². The Labute approximate surface area is 135 Å². The predicted molar refractivity (Wildman–Crippen MR) is 88.9 cm³/mol. The average molecular weight is 311 g/mol. The van der Waals surface area contributed by atoms with Gasteiger partial charge in [0.1, 0.15) is 0 Å². The third-order valence-electron chi connectivity index (χ3n) is 5.29. The Balaban J connectivity index is 1.75. The van der Waals surface area contributed by atoms with Crippen molar-refractivity contribution in [2.24, 2.45) is 5.92 Å². The highest BCUT2D eigenvalue weighted by Crippen LogP contribution is 2.18. The number of amides is 1. The maximum atomic E-state index is 12.4. The summed E-state index contributed by atoms with van der Waals surface area (Å²) in [5.41, 5.74) is 0. The van der Waals surface area contributed by atoms with Gasteiger partial charge in [-0.05, 0) is 39.5 Å². The van der Waals surface area contributed by atoms with Gasteiger partial charge in [0, 0.05) is 59.0 Å². The SMILES string of the molecule is CC(C(=O)N(C)C(C)C)N1CCN(CC2CCOCC2)CC1. The summed E-state index contributed by atoms with van der Waals surface area (Å²) < 4.78 is 5.44. The Hall–Kier alpha value is -0.650. The monoisotopic (exact) mass is 311 g/mol. The fourth-order valence-corrected chi connectivity index (χ4v) is 3.33. The molecule has 0 spiro atoms. The predicted octanol–water partition coefficient (Wildman–Crippen LogP) is 1.29. The summed E-state index contributed by atoms with van der Waals surface area (Å²) in [5, 5.41) is 0. The Morgan fingerprint density at radius 2 is 1.73 bits per heavy atom. The number of piperazine rings is 1. The van der Waals surface area contributed by atoms with Crippen LogP contribution < -0.4 is 0 Å². The quantitative estimate of drug-likeness (QED) is 0.766. The lowest BCUT2D eigenvalue weighted by Crippen LogP contribution is -2.55. The van der Waals surface area contributed by atoms with Crippen molar-refractivity contribution in [1.82, 2.24) is 14.7 Å². The van der Waals surface area contributed by atoms with Gasteiger partial charge in [-0.15, -0.1) is 0 Å². The first kappa shape index (κ1) is 17.7. The summed E-state index contributed by atoms with van der Waals surface area (Å²) in [4.78, 5) is 19.2. The number of rotatable bonds is 5. The van der Waals surface area contributed by atoms with Crippen LogP contribution in [0.5, 0.6) is 0 Å². The largest absolute Gasteiger partial charge is 0.381 e. The molecule has 0 aromatic carbocycles. The second kappa shape index (κ2) is 8.27. The number of ether oxygens (including phenoxy) is 1. The highest BCUT2D eigenvalue weighted by molar-refractivity contribution is 5.81. The van der Waals surface area contributed by atoms with E-state index in [1.54, 1.807) is 0 Å². The Morgan fingerprint density at radius 3 is 2.27 bits per heavy atom. The van der Waals surface area contributed by atoms with Crippen molar-refractivity contribution in [3.05, 3.63) is 0 Å². The van der Waals surface area contributed by atoms with Crippen LogP contribution in [-0.4, -0.2) is 85.7 Å². The van der Waals surface area contributed by atoms with E-state index in [4.69, 9.17) is 4.74 Å². The molecule has 128 valence electrons. The summed E-state index contributed by atoms with van der Waals surface area (Å²) >= 11 is 0. The molecule has 0 aromatic heterocycles. The van der Waals surface area contributed by atoms with Gasteiger partial charge in [0.15, 0.2) is 0 Å². The summed E-state index contributed by atoms with van der Waals surface area (Å²) in [6.07, 6.45) is 2.41. The van der Waals surface area contributed by atoms with E-state index in [0.717, 1.165) is 45.3 Å². The summed E-state index contributed by atoms with van der Waals surface area (Å²) in [6.45, 7) is 13.4. The van der Waals surface area contributed by atoms with Crippen molar-refractivity contribution in [2.75, 3.05) is 53.0 Å². The maximum Gasteiger partial charge on any atom is 0.239 e.